The Morgan fingerprint density at radius 1 is 1.12 bits per heavy atom. The van der Waals surface area contributed by atoms with Crippen LogP contribution in [0.25, 0.3) is 11.1 Å². The SMILES string of the molecule is CCn1cc(-c2cc(Cn3ccnc3C)cc3c2OCCN([C@H](c2cc(OC)ccn2)C2CC2)C3=O)c(C(F)(F)F)n1. The van der Waals surface area contributed by atoms with Gasteiger partial charge in [0.1, 0.15) is 23.9 Å². The van der Waals surface area contributed by atoms with E-state index in [0.717, 1.165) is 18.7 Å². The predicted octanol–water partition coefficient (Wildman–Crippen LogP) is 5.53. The first-order valence-corrected chi connectivity index (χ1v) is 13.9. The number of ether oxygens (including phenoxy) is 2. The molecule has 6 rings (SSSR count). The van der Waals surface area contributed by atoms with E-state index in [1.54, 1.807) is 55.7 Å². The highest BCUT2D eigenvalue weighted by molar-refractivity contribution is 6.00. The van der Waals surface area contributed by atoms with Crippen molar-refractivity contribution in [1.29, 1.82) is 0 Å². The molecule has 220 valence electrons. The van der Waals surface area contributed by atoms with Crippen LogP contribution >= 0.6 is 0 Å². The minimum absolute atomic E-state index is 0.113. The van der Waals surface area contributed by atoms with Gasteiger partial charge >= 0.3 is 6.18 Å². The van der Waals surface area contributed by atoms with Crippen molar-refractivity contribution in [2.45, 2.75) is 52.0 Å². The van der Waals surface area contributed by atoms with Crippen molar-refractivity contribution in [2.24, 2.45) is 5.92 Å². The third-order valence-corrected chi connectivity index (χ3v) is 7.84. The molecule has 1 fully saturated rings. The Morgan fingerprint density at radius 3 is 2.57 bits per heavy atom. The monoisotopic (exact) mass is 580 g/mol. The third-order valence-electron chi connectivity index (χ3n) is 7.84. The Bertz CT molecular complexity index is 1620. The third kappa shape index (κ3) is 5.21. The highest BCUT2D eigenvalue weighted by atomic mass is 19.4. The molecule has 1 saturated carbocycles. The summed E-state index contributed by atoms with van der Waals surface area (Å²) in [5.41, 5.74) is 0.607. The molecule has 1 amide bonds. The van der Waals surface area contributed by atoms with E-state index in [-0.39, 0.29) is 60.0 Å². The van der Waals surface area contributed by atoms with E-state index in [0.29, 0.717) is 23.6 Å². The Labute approximate surface area is 240 Å². The van der Waals surface area contributed by atoms with E-state index in [4.69, 9.17) is 9.47 Å². The number of rotatable bonds is 8. The normalized spacial score (nSPS) is 16.1. The van der Waals surface area contributed by atoms with Gasteiger partial charge in [0.2, 0.25) is 0 Å². The molecular weight excluding hydrogens is 549 g/mol. The lowest BCUT2D eigenvalue weighted by Crippen LogP contribution is -2.37. The van der Waals surface area contributed by atoms with Crippen molar-refractivity contribution in [1.82, 2.24) is 29.2 Å². The maximum atomic E-state index is 14.4. The van der Waals surface area contributed by atoms with Crippen LogP contribution in [-0.4, -0.2) is 55.4 Å². The molecule has 4 heterocycles. The van der Waals surface area contributed by atoms with E-state index >= 15 is 0 Å². The Balaban J connectivity index is 1.51. The van der Waals surface area contributed by atoms with E-state index in [1.807, 2.05) is 17.6 Å². The largest absolute Gasteiger partial charge is 0.497 e. The fourth-order valence-electron chi connectivity index (χ4n) is 5.60. The molecule has 1 aliphatic heterocycles. The average molecular weight is 581 g/mol. The van der Waals surface area contributed by atoms with Gasteiger partial charge in [-0.2, -0.15) is 18.3 Å². The molecular formula is C30H31F3N6O3. The van der Waals surface area contributed by atoms with Crippen molar-refractivity contribution in [3.05, 3.63) is 77.4 Å². The topological polar surface area (TPSA) is 87.3 Å². The van der Waals surface area contributed by atoms with E-state index in [1.165, 1.54) is 10.9 Å². The van der Waals surface area contributed by atoms with Gasteiger partial charge in [-0.15, -0.1) is 0 Å². The summed E-state index contributed by atoms with van der Waals surface area (Å²) >= 11 is 0. The molecule has 2 aliphatic rings. The molecule has 4 aromatic rings. The summed E-state index contributed by atoms with van der Waals surface area (Å²) in [5, 5.41) is 3.82. The second-order valence-electron chi connectivity index (χ2n) is 10.6. The van der Waals surface area contributed by atoms with Gasteiger partial charge in [0.25, 0.3) is 5.91 Å². The molecule has 3 aromatic heterocycles. The Kier molecular flexibility index (Phi) is 7.15. The van der Waals surface area contributed by atoms with E-state index in [9.17, 15) is 18.0 Å². The number of pyridine rings is 1. The molecule has 9 nitrogen and oxygen atoms in total. The minimum atomic E-state index is -4.70. The summed E-state index contributed by atoms with van der Waals surface area (Å²) in [6.45, 7) is 4.49. The Hall–Kier alpha value is -4.35. The molecule has 0 saturated heterocycles. The number of fused-ring (bicyclic) bond motifs is 1. The van der Waals surface area contributed by atoms with Crippen LogP contribution in [-0.2, 0) is 19.3 Å². The first-order chi connectivity index (χ1) is 20.2. The van der Waals surface area contributed by atoms with Crippen LogP contribution in [0.1, 0.15) is 58.9 Å². The van der Waals surface area contributed by atoms with Crippen molar-refractivity contribution < 1.29 is 27.4 Å². The zero-order chi connectivity index (χ0) is 29.6. The molecule has 0 unspecified atom stereocenters. The standard InChI is InChI=1S/C30H31F3N6O3/c1-4-38-17-24(28(36-38)30(31,32)33)22-13-19(16-37-10-9-34-18(37)2)14-23-27(22)42-12-11-39(29(23)40)26(20-5-6-20)25-15-21(41-3)7-8-35-25/h7-10,13-15,17,20,26H,4-6,11-12,16H2,1-3H3/t26-/m0/s1. The van der Waals surface area contributed by atoms with Crippen LogP contribution < -0.4 is 9.47 Å². The smallest absolute Gasteiger partial charge is 0.435 e. The number of amides is 1. The van der Waals surface area contributed by atoms with E-state index < -0.39 is 11.9 Å². The molecule has 0 N–H and O–H groups in total. The van der Waals surface area contributed by atoms with Crippen LogP contribution in [0, 0.1) is 12.8 Å². The second-order valence-corrected chi connectivity index (χ2v) is 10.6. The molecule has 1 atom stereocenters. The summed E-state index contributed by atoms with van der Waals surface area (Å²) in [5.74, 6) is 1.40. The number of aryl methyl sites for hydroxylation is 2. The molecule has 12 heteroatoms. The molecule has 0 bridgehead atoms. The van der Waals surface area contributed by atoms with Crippen molar-refractivity contribution in [3.63, 3.8) is 0 Å². The van der Waals surface area contributed by atoms with Crippen molar-refractivity contribution >= 4 is 5.91 Å². The first kappa shape index (κ1) is 27.8. The minimum Gasteiger partial charge on any atom is -0.497 e. The quantitative estimate of drug-likeness (QED) is 0.272. The number of alkyl halides is 3. The van der Waals surface area contributed by atoms with Crippen molar-refractivity contribution in [2.75, 3.05) is 20.3 Å². The zero-order valence-electron chi connectivity index (χ0n) is 23.6. The number of benzene rings is 1. The van der Waals surface area contributed by atoms with Crippen LogP contribution in [0.2, 0.25) is 0 Å². The number of hydrogen-bond acceptors (Lipinski definition) is 6. The fourth-order valence-corrected chi connectivity index (χ4v) is 5.60. The number of carbonyl (C=O) groups is 1. The maximum absolute atomic E-state index is 14.4. The number of methoxy groups -OCH3 is 1. The van der Waals surface area contributed by atoms with Crippen LogP contribution in [0.15, 0.2) is 49.1 Å². The van der Waals surface area contributed by atoms with Gasteiger partial charge in [-0.05, 0) is 56.4 Å². The number of nitrogens with zero attached hydrogens (tertiary/aromatic N) is 6. The fraction of sp³-hybridized carbons (Fsp3) is 0.400. The summed E-state index contributed by atoms with van der Waals surface area (Å²) < 4.78 is 57.4. The molecule has 1 aliphatic carbocycles. The number of carbonyl (C=O) groups excluding carboxylic acids is 1. The van der Waals surface area contributed by atoms with Crippen LogP contribution in [0.5, 0.6) is 11.5 Å². The first-order valence-electron chi connectivity index (χ1n) is 13.9. The Morgan fingerprint density at radius 2 is 1.90 bits per heavy atom. The highest BCUT2D eigenvalue weighted by Crippen LogP contribution is 2.47. The van der Waals surface area contributed by atoms with Gasteiger partial charge in [0, 0.05) is 55.1 Å². The molecule has 0 spiro atoms. The van der Waals surface area contributed by atoms with Gasteiger partial charge in [-0.25, -0.2) is 4.98 Å². The van der Waals surface area contributed by atoms with Gasteiger partial charge in [0.05, 0.1) is 31.0 Å². The van der Waals surface area contributed by atoms with Gasteiger partial charge < -0.3 is 18.9 Å². The lowest BCUT2D eigenvalue weighted by atomic mass is 9.96. The van der Waals surface area contributed by atoms with Gasteiger partial charge in [-0.1, -0.05) is 0 Å². The summed E-state index contributed by atoms with van der Waals surface area (Å²) in [6, 6.07) is 6.65. The van der Waals surface area contributed by atoms with Gasteiger partial charge in [-0.3, -0.25) is 14.5 Å². The average Bonchev–Trinajstić information content (AvgIpc) is 3.61. The van der Waals surface area contributed by atoms with E-state index in [2.05, 4.69) is 15.1 Å². The molecule has 42 heavy (non-hydrogen) atoms. The van der Waals surface area contributed by atoms with Crippen LogP contribution in [0.3, 0.4) is 0 Å². The number of imidazole rings is 1. The summed E-state index contributed by atoms with van der Waals surface area (Å²) in [4.78, 5) is 25.0. The number of aromatic nitrogens is 5. The van der Waals surface area contributed by atoms with Gasteiger partial charge in [0.15, 0.2) is 5.69 Å². The lowest BCUT2D eigenvalue weighted by molar-refractivity contribution is -0.141. The highest BCUT2D eigenvalue weighted by Gasteiger charge is 2.43. The van der Waals surface area contributed by atoms with Crippen LogP contribution in [0.4, 0.5) is 13.2 Å². The number of hydrogen-bond donors (Lipinski definition) is 0. The second kappa shape index (κ2) is 10.8. The molecule has 1 aromatic carbocycles. The number of halogens is 3. The lowest BCUT2D eigenvalue weighted by Gasteiger charge is -2.30. The zero-order valence-corrected chi connectivity index (χ0v) is 23.6. The maximum Gasteiger partial charge on any atom is 0.435 e. The summed E-state index contributed by atoms with van der Waals surface area (Å²) in [6.07, 6.45) is 3.66. The van der Waals surface area contributed by atoms with Crippen molar-refractivity contribution in [3.8, 4) is 22.6 Å². The predicted molar refractivity (Wildman–Crippen MR) is 147 cm³/mol. The molecule has 0 radical (unpaired) electrons. The summed E-state index contributed by atoms with van der Waals surface area (Å²) in [7, 11) is 1.58.